The van der Waals surface area contributed by atoms with Gasteiger partial charge in [-0.1, -0.05) is 19.4 Å². The van der Waals surface area contributed by atoms with Crippen LogP contribution in [-0.2, 0) is 19.0 Å². The van der Waals surface area contributed by atoms with E-state index < -0.39 is 37.3 Å². The number of hydrogen-bond acceptors (Lipinski definition) is 8. The lowest BCUT2D eigenvalue weighted by Crippen LogP contribution is -2.59. The molecule has 4 aliphatic carbocycles. The van der Waals surface area contributed by atoms with Gasteiger partial charge in [0.1, 0.15) is 24.4 Å². The molecule has 8 nitrogen and oxygen atoms in total. The first-order chi connectivity index (χ1) is 16.7. The molecule has 1 heterocycles. The van der Waals surface area contributed by atoms with Crippen LogP contribution in [0, 0.1) is 28.6 Å². The smallest absolute Gasteiger partial charge is 0.186 e. The maximum atomic E-state index is 12.0. The van der Waals surface area contributed by atoms with E-state index in [9.17, 15) is 25.2 Å². The molecular weight excluding hydrogens is 452 g/mol. The second kappa shape index (κ2) is 9.78. The van der Waals surface area contributed by atoms with Crippen molar-refractivity contribution in [1.82, 2.24) is 0 Å². The Kier molecular flexibility index (Phi) is 7.20. The van der Waals surface area contributed by atoms with Crippen molar-refractivity contribution in [2.24, 2.45) is 28.6 Å². The average molecular weight is 495 g/mol. The van der Waals surface area contributed by atoms with Gasteiger partial charge in [-0.15, -0.1) is 0 Å². The van der Waals surface area contributed by atoms with Crippen LogP contribution in [0.25, 0.3) is 0 Å². The van der Waals surface area contributed by atoms with Gasteiger partial charge >= 0.3 is 0 Å². The van der Waals surface area contributed by atoms with Crippen molar-refractivity contribution in [2.45, 2.75) is 102 Å². The second-order valence-corrected chi connectivity index (χ2v) is 12.0. The number of hydrogen-bond donors (Lipinski definition) is 4. The standard InChI is InChI=1S/C27H42O8/c1-26-9-7-16(29)13-15(26)3-4-17-18-5-6-21(27(18,2)10-8-19(17)26)33-11-12-34-25-24(32)23(31)22(30)20(14-28)35-25/h13,17-25,28,30-32H,3-12,14H2,1-2H3/t17-,18-,19-,20+,21-,22+,23-,24+,25+,26-,27-/m0/s1. The third-order valence-corrected chi connectivity index (χ3v) is 10.4. The van der Waals surface area contributed by atoms with E-state index in [0.29, 0.717) is 36.6 Å². The highest BCUT2D eigenvalue weighted by atomic mass is 16.7. The summed E-state index contributed by atoms with van der Waals surface area (Å²) in [7, 11) is 0. The van der Waals surface area contributed by atoms with E-state index in [0.717, 1.165) is 25.7 Å². The zero-order chi connectivity index (χ0) is 25.0. The lowest BCUT2D eigenvalue weighted by molar-refractivity contribution is -0.303. The molecule has 5 aliphatic rings. The van der Waals surface area contributed by atoms with Crippen molar-refractivity contribution in [1.29, 1.82) is 0 Å². The number of carbonyl (C=O) groups excluding carboxylic acids is 1. The van der Waals surface area contributed by atoms with Gasteiger partial charge in [-0.05, 0) is 79.6 Å². The molecule has 8 heteroatoms. The Labute approximate surface area is 207 Å². The van der Waals surface area contributed by atoms with Gasteiger partial charge in [0.15, 0.2) is 12.1 Å². The van der Waals surface area contributed by atoms with Crippen LogP contribution in [0.2, 0.25) is 0 Å². The van der Waals surface area contributed by atoms with Gasteiger partial charge in [0.2, 0.25) is 0 Å². The average Bonchev–Trinajstić information content (AvgIpc) is 3.18. The molecule has 35 heavy (non-hydrogen) atoms. The van der Waals surface area contributed by atoms with Gasteiger partial charge in [0.25, 0.3) is 0 Å². The Bertz CT molecular complexity index is 828. The highest BCUT2D eigenvalue weighted by Crippen LogP contribution is 2.65. The first kappa shape index (κ1) is 25.8. The molecule has 0 aromatic rings. The van der Waals surface area contributed by atoms with E-state index in [1.165, 1.54) is 24.8 Å². The van der Waals surface area contributed by atoms with Crippen molar-refractivity contribution >= 4 is 5.78 Å². The Hall–Kier alpha value is -0.870. The summed E-state index contributed by atoms with van der Waals surface area (Å²) < 4.78 is 17.4. The van der Waals surface area contributed by atoms with E-state index in [-0.39, 0.29) is 23.5 Å². The van der Waals surface area contributed by atoms with Crippen molar-refractivity contribution in [3.63, 3.8) is 0 Å². The Morgan fingerprint density at radius 3 is 2.49 bits per heavy atom. The maximum Gasteiger partial charge on any atom is 0.186 e. The summed E-state index contributed by atoms with van der Waals surface area (Å²) >= 11 is 0. The summed E-state index contributed by atoms with van der Waals surface area (Å²) in [5.74, 6) is 2.27. The summed E-state index contributed by atoms with van der Waals surface area (Å²) in [5, 5.41) is 39.3. The Balaban J connectivity index is 1.16. The SMILES string of the molecule is C[C@]12CC[C@H]3[C@@H](CCC4=CC(=O)CC[C@@]43C)[C@@H]1CC[C@@H]2OCCO[C@@H]1O[C@H](CO)[C@@H](O)[C@H](O)[C@H]1O. The molecule has 4 fully saturated rings. The molecule has 0 aromatic heterocycles. The zero-order valence-electron chi connectivity index (χ0n) is 21.0. The van der Waals surface area contributed by atoms with Crippen LogP contribution in [0.15, 0.2) is 11.6 Å². The number of allylic oxidation sites excluding steroid dienone is 1. The predicted molar refractivity (Wildman–Crippen MR) is 126 cm³/mol. The summed E-state index contributed by atoms with van der Waals surface area (Å²) in [4.78, 5) is 12.0. The maximum absolute atomic E-state index is 12.0. The van der Waals surface area contributed by atoms with E-state index in [4.69, 9.17) is 14.2 Å². The molecule has 11 atom stereocenters. The van der Waals surface area contributed by atoms with Crippen molar-refractivity contribution in [2.75, 3.05) is 19.8 Å². The van der Waals surface area contributed by atoms with Crippen LogP contribution in [0.5, 0.6) is 0 Å². The molecule has 0 unspecified atom stereocenters. The minimum atomic E-state index is -1.44. The molecular formula is C27H42O8. The molecule has 0 amide bonds. The number of rotatable bonds is 6. The lowest BCUT2D eigenvalue weighted by atomic mass is 9.47. The van der Waals surface area contributed by atoms with Gasteiger partial charge < -0.3 is 34.6 Å². The fourth-order valence-corrected chi connectivity index (χ4v) is 8.34. The van der Waals surface area contributed by atoms with Crippen LogP contribution in [0.4, 0.5) is 0 Å². The van der Waals surface area contributed by atoms with Gasteiger partial charge in [-0.3, -0.25) is 4.79 Å². The fourth-order valence-electron chi connectivity index (χ4n) is 8.34. The fraction of sp³-hybridized carbons (Fsp3) is 0.889. The number of carbonyl (C=O) groups is 1. The Morgan fingerprint density at radius 1 is 0.943 bits per heavy atom. The second-order valence-electron chi connectivity index (χ2n) is 12.0. The summed E-state index contributed by atoms with van der Waals surface area (Å²) in [6, 6.07) is 0. The minimum Gasteiger partial charge on any atom is -0.394 e. The highest BCUT2D eigenvalue weighted by molar-refractivity contribution is 5.91. The van der Waals surface area contributed by atoms with Crippen LogP contribution < -0.4 is 0 Å². The molecule has 0 radical (unpaired) electrons. The van der Waals surface area contributed by atoms with Crippen LogP contribution in [0.1, 0.15) is 65.2 Å². The monoisotopic (exact) mass is 494 g/mol. The third kappa shape index (κ3) is 4.33. The topological polar surface area (TPSA) is 126 Å². The van der Waals surface area contributed by atoms with Gasteiger partial charge in [-0.2, -0.15) is 0 Å². The first-order valence-electron chi connectivity index (χ1n) is 13.5. The van der Waals surface area contributed by atoms with E-state index in [1.54, 1.807) is 0 Å². The molecule has 1 saturated heterocycles. The third-order valence-electron chi connectivity index (χ3n) is 10.4. The highest BCUT2D eigenvalue weighted by Gasteiger charge is 2.59. The largest absolute Gasteiger partial charge is 0.394 e. The number of ketones is 1. The summed E-state index contributed by atoms with van der Waals surface area (Å²) in [6.07, 6.45) is 4.23. The number of aliphatic hydroxyl groups excluding tert-OH is 4. The molecule has 5 rings (SSSR count). The molecule has 3 saturated carbocycles. The number of fused-ring (bicyclic) bond motifs is 5. The van der Waals surface area contributed by atoms with Gasteiger partial charge in [0.05, 0.1) is 25.9 Å². The van der Waals surface area contributed by atoms with Crippen molar-refractivity contribution in [3.8, 4) is 0 Å². The molecule has 0 aromatic carbocycles. The lowest BCUT2D eigenvalue weighted by Gasteiger charge is -2.58. The molecule has 4 N–H and O–H groups in total. The zero-order valence-corrected chi connectivity index (χ0v) is 21.0. The summed E-state index contributed by atoms with van der Waals surface area (Å²) in [6.45, 7) is 4.86. The summed E-state index contributed by atoms with van der Waals surface area (Å²) in [5.41, 5.74) is 1.71. The van der Waals surface area contributed by atoms with E-state index in [1.807, 2.05) is 6.08 Å². The van der Waals surface area contributed by atoms with Crippen molar-refractivity contribution in [3.05, 3.63) is 11.6 Å². The van der Waals surface area contributed by atoms with Gasteiger partial charge in [0, 0.05) is 6.42 Å². The minimum absolute atomic E-state index is 0.131. The molecule has 1 aliphatic heterocycles. The van der Waals surface area contributed by atoms with E-state index >= 15 is 0 Å². The molecule has 198 valence electrons. The first-order valence-corrected chi connectivity index (χ1v) is 13.5. The number of aliphatic hydroxyl groups is 4. The molecule has 0 bridgehead atoms. The predicted octanol–water partition coefficient (Wildman–Crippen LogP) is 1.72. The van der Waals surface area contributed by atoms with E-state index in [2.05, 4.69) is 13.8 Å². The van der Waals surface area contributed by atoms with Crippen LogP contribution in [0.3, 0.4) is 0 Å². The molecule has 0 spiro atoms. The van der Waals surface area contributed by atoms with Crippen molar-refractivity contribution < 1.29 is 39.4 Å². The normalized spacial score (nSPS) is 49.7. The Morgan fingerprint density at radius 2 is 1.71 bits per heavy atom. The van der Waals surface area contributed by atoms with Gasteiger partial charge in [-0.25, -0.2) is 0 Å². The number of ether oxygens (including phenoxy) is 3. The van der Waals surface area contributed by atoms with Crippen LogP contribution >= 0.6 is 0 Å². The van der Waals surface area contributed by atoms with Crippen LogP contribution in [-0.4, -0.2) is 82.8 Å². The quantitative estimate of drug-likeness (QED) is 0.412.